The molecule has 0 aliphatic rings. The van der Waals surface area contributed by atoms with Crippen molar-refractivity contribution in [3.05, 3.63) is 28.8 Å². The Bertz CT molecular complexity index is 483. The average Bonchev–Trinajstić information content (AvgIpc) is 2.32. The zero-order valence-electron chi connectivity index (χ0n) is 11.7. The molecule has 20 heavy (non-hydrogen) atoms. The van der Waals surface area contributed by atoms with Gasteiger partial charge in [0.1, 0.15) is 6.04 Å². The standard InChI is InChI=1S/C14H19ClN2O3/c1-8(2)7-11(13(18)19)16-14(20)17-12-9(3)5-4-6-10(12)15/h4-6,8,11H,7H2,1-3H3,(H,18,19)(H2,16,17,20). The second kappa shape index (κ2) is 7.14. The van der Waals surface area contributed by atoms with E-state index in [0.29, 0.717) is 17.1 Å². The summed E-state index contributed by atoms with van der Waals surface area (Å²) >= 11 is 6.00. The van der Waals surface area contributed by atoms with Gasteiger partial charge in [-0.2, -0.15) is 0 Å². The highest BCUT2D eigenvalue weighted by atomic mass is 35.5. The molecule has 0 fully saturated rings. The SMILES string of the molecule is Cc1cccc(Cl)c1NC(=O)NC(CC(C)C)C(=O)O. The Labute approximate surface area is 123 Å². The Balaban J connectivity index is 2.73. The van der Waals surface area contributed by atoms with E-state index >= 15 is 0 Å². The predicted octanol–water partition coefficient (Wildman–Crippen LogP) is 3.27. The zero-order chi connectivity index (χ0) is 15.3. The minimum absolute atomic E-state index is 0.165. The van der Waals surface area contributed by atoms with E-state index in [9.17, 15) is 9.59 Å². The molecular formula is C14H19ClN2O3. The number of anilines is 1. The maximum absolute atomic E-state index is 11.9. The zero-order valence-corrected chi connectivity index (χ0v) is 12.5. The van der Waals surface area contributed by atoms with Gasteiger partial charge in [-0.05, 0) is 30.9 Å². The molecular weight excluding hydrogens is 280 g/mol. The molecule has 0 bridgehead atoms. The van der Waals surface area contributed by atoms with Crippen molar-refractivity contribution in [2.45, 2.75) is 33.2 Å². The van der Waals surface area contributed by atoms with Crippen LogP contribution in [0.1, 0.15) is 25.8 Å². The van der Waals surface area contributed by atoms with E-state index in [4.69, 9.17) is 16.7 Å². The van der Waals surface area contributed by atoms with Crippen LogP contribution in [0.15, 0.2) is 18.2 Å². The van der Waals surface area contributed by atoms with Crippen molar-refractivity contribution in [1.29, 1.82) is 0 Å². The number of rotatable bonds is 5. The fourth-order valence-corrected chi connectivity index (χ4v) is 2.06. The average molecular weight is 299 g/mol. The van der Waals surface area contributed by atoms with Crippen LogP contribution in [0.3, 0.4) is 0 Å². The topological polar surface area (TPSA) is 78.4 Å². The quantitative estimate of drug-likeness (QED) is 0.780. The molecule has 0 aliphatic heterocycles. The highest BCUT2D eigenvalue weighted by Gasteiger charge is 2.21. The van der Waals surface area contributed by atoms with Crippen molar-refractivity contribution < 1.29 is 14.7 Å². The minimum atomic E-state index is -1.05. The van der Waals surface area contributed by atoms with Crippen LogP contribution in [0, 0.1) is 12.8 Å². The maximum Gasteiger partial charge on any atom is 0.326 e. The van der Waals surface area contributed by atoms with E-state index in [0.717, 1.165) is 5.56 Å². The number of para-hydroxylation sites is 1. The minimum Gasteiger partial charge on any atom is -0.480 e. The van der Waals surface area contributed by atoms with Crippen LogP contribution < -0.4 is 10.6 Å². The highest BCUT2D eigenvalue weighted by Crippen LogP contribution is 2.25. The number of carbonyl (C=O) groups excluding carboxylic acids is 1. The Morgan fingerprint density at radius 1 is 1.35 bits per heavy atom. The summed E-state index contributed by atoms with van der Waals surface area (Å²) in [6.45, 7) is 5.60. The maximum atomic E-state index is 11.9. The molecule has 0 heterocycles. The van der Waals surface area contributed by atoms with Gasteiger partial charge in [0.2, 0.25) is 0 Å². The van der Waals surface area contributed by atoms with Gasteiger partial charge in [-0.25, -0.2) is 9.59 Å². The third-order valence-electron chi connectivity index (χ3n) is 2.77. The monoisotopic (exact) mass is 298 g/mol. The first kappa shape index (κ1) is 16.3. The van der Waals surface area contributed by atoms with Gasteiger partial charge in [-0.15, -0.1) is 0 Å². The molecule has 0 aliphatic carbocycles. The molecule has 0 spiro atoms. The van der Waals surface area contributed by atoms with E-state index in [2.05, 4.69) is 10.6 Å². The van der Waals surface area contributed by atoms with Crippen molar-refractivity contribution in [2.75, 3.05) is 5.32 Å². The van der Waals surface area contributed by atoms with Gasteiger partial charge in [-0.1, -0.05) is 37.6 Å². The van der Waals surface area contributed by atoms with Crippen LogP contribution in [0.2, 0.25) is 5.02 Å². The molecule has 2 amide bonds. The Hall–Kier alpha value is -1.75. The number of carbonyl (C=O) groups is 2. The number of aryl methyl sites for hydroxylation is 1. The van der Waals surface area contributed by atoms with Gasteiger partial charge in [0.05, 0.1) is 10.7 Å². The molecule has 0 saturated heterocycles. The molecule has 0 saturated carbocycles. The summed E-state index contributed by atoms with van der Waals surface area (Å²) in [6, 6.07) is 3.75. The lowest BCUT2D eigenvalue weighted by Crippen LogP contribution is -2.43. The largest absolute Gasteiger partial charge is 0.480 e. The van der Waals surface area contributed by atoms with Crippen LogP contribution in [0.25, 0.3) is 0 Å². The number of amides is 2. The van der Waals surface area contributed by atoms with Gasteiger partial charge >= 0.3 is 12.0 Å². The number of aliphatic carboxylic acids is 1. The summed E-state index contributed by atoms with van der Waals surface area (Å²) in [7, 11) is 0. The first-order valence-corrected chi connectivity index (χ1v) is 6.74. The Morgan fingerprint density at radius 3 is 2.50 bits per heavy atom. The molecule has 1 rings (SSSR count). The number of carboxylic acids is 1. The molecule has 0 aromatic heterocycles. The number of hydrogen-bond acceptors (Lipinski definition) is 2. The fourth-order valence-electron chi connectivity index (χ4n) is 1.79. The van der Waals surface area contributed by atoms with Crippen LogP contribution in [0.4, 0.5) is 10.5 Å². The van der Waals surface area contributed by atoms with Crippen LogP contribution in [0.5, 0.6) is 0 Å². The normalized spacial score (nSPS) is 12.1. The molecule has 110 valence electrons. The van der Waals surface area contributed by atoms with Crippen molar-refractivity contribution in [1.82, 2.24) is 5.32 Å². The molecule has 1 aromatic rings. The summed E-state index contributed by atoms with van der Waals surface area (Å²) in [5.41, 5.74) is 1.30. The summed E-state index contributed by atoms with van der Waals surface area (Å²) < 4.78 is 0. The second-order valence-electron chi connectivity index (χ2n) is 5.05. The third-order valence-corrected chi connectivity index (χ3v) is 3.09. The smallest absolute Gasteiger partial charge is 0.326 e. The fraction of sp³-hybridized carbons (Fsp3) is 0.429. The van der Waals surface area contributed by atoms with Gasteiger partial charge in [0.15, 0.2) is 0 Å². The molecule has 1 unspecified atom stereocenters. The van der Waals surface area contributed by atoms with Crippen LogP contribution in [-0.2, 0) is 4.79 Å². The van der Waals surface area contributed by atoms with E-state index in [1.165, 1.54) is 0 Å². The second-order valence-corrected chi connectivity index (χ2v) is 5.46. The molecule has 6 heteroatoms. The van der Waals surface area contributed by atoms with Gasteiger partial charge in [0, 0.05) is 0 Å². The number of halogens is 1. The molecule has 0 radical (unpaired) electrons. The third kappa shape index (κ3) is 4.74. The predicted molar refractivity (Wildman–Crippen MR) is 79.2 cm³/mol. The Morgan fingerprint density at radius 2 is 2.00 bits per heavy atom. The molecule has 5 nitrogen and oxygen atoms in total. The first-order chi connectivity index (χ1) is 9.31. The summed E-state index contributed by atoms with van der Waals surface area (Å²) in [5.74, 6) is -0.886. The van der Waals surface area contributed by atoms with E-state index < -0.39 is 18.0 Å². The van der Waals surface area contributed by atoms with E-state index in [1.807, 2.05) is 26.8 Å². The van der Waals surface area contributed by atoms with E-state index in [1.54, 1.807) is 12.1 Å². The van der Waals surface area contributed by atoms with Gasteiger partial charge in [0.25, 0.3) is 0 Å². The Kier molecular flexibility index (Phi) is 5.82. The molecule has 1 aromatic carbocycles. The summed E-state index contributed by atoms with van der Waals surface area (Å²) in [4.78, 5) is 23.0. The first-order valence-electron chi connectivity index (χ1n) is 6.36. The molecule has 3 N–H and O–H groups in total. The van der Waals surface area contributed by atoms with E-state index in [-0.39, 0.29) is 5.92 Å². The van der Waals surface area contributed by atoms with Crippen LogP contribution in [-0.4, -0.2) is 23.1 Å². The van der Waals surface area contributed by atoms with Crippen LogP contribution >= 0.6 is 11.6 Å². The number of carboxylic acid groups (broad SMARTS) is 1. The number of hydrogen-bond donors (Lipinski definition) is 3. The highest BCUT2D eigenvalue weighted by molar-refractivity contribution is 6.33. The van der Waals surface area contributed by atoms with Crippen molar-refractivity contribution in [2.24, 2.45) is 5.92 Å². The number of urea groups is 1. The summed E-state index contributed by atoms with van der Waals surface area (Å²) in [6.07, 6.45) is 0.365. The number of nitrogens with one attached hydrogen (secondary N) is 2. The van der Waals surface area contributed by atoms with Gasteiger partial charge in [-0.3, -0.25) is 0 Å². The number of benzene rings is 1. The lowest BCUT2D eigenvalue weighted by molar-refractivity contribution is -0.139. The lowest BCUT2D eigenvalue weighted by atomic mass is 10.0. The summed E-state index contributed by atoms with van der Waals surface area (Å²) in [5, 5.41) is 14.5. The van der Waals surface area contributed by atoms with Crippen molar-refractivity contribution in [3.63, 3.8) is 0 Å². The van der Waals surface area contributed by atoms with Crippen molar-refractivity contribution >= 4 is 29.3 Å². The lowest BCUT2D eigenvalue weighted by Gasteiger charge is -2.18. The van der Waals surface area contributed by atoms with Crippen molar-refractivity contribution in [3.8, 4) is 0 Å². The molecule has 1 atom stereocenters. The van der Waals surface area contributed by atoms with Gasteiger partial charge < -0.3 is 15.7 Å².